The molecule has 112 valence electrons. The first-order valence-corrected chi connectivity index (χ1v) is 6.68. The third-order valence-corrected chi connectivity index (χ3v) is 3.69. The molecule has 1 aliphatic heterocycles. The highest BCUT2D eigenvalue weighted by atomic mass is 16.6. The van der Waals surface area contributed by atoms with Gasteiger partial charge in [-0.15, -0.1) is 0 Å². The number of nitrogens with zero attached hydrogens (tertiary/aromatic N) is 2. The van der Waals surface area contributed by atoms with Crippen LogP contribution in [0.3, 0.4) is 0 Å². The minimum atomic E-state index is -0.975. The van der Waals surface area contributed by atoms with E-state index in [1.165, 1.54) is 18.2 Å². The summed E-state index contributed by atoms with van der Waals surface area (Å²) in [4.78, 5) is 21.3. The van der Waals surface area contributed by atoms with Crippen LogP contribution in [0.25, 0.3) is 0 Å². The number of nitro benzene ring substituents is 1. The molecule has 22 heavy (non-hydrogen) atoms. The monoisotopic (exact) mass is 300 g/mol. The largest absolute Gasteiger partial charge is 0.478 e. The Bertz CT molecular complexity index is 732. The molecule has 2 aromatic carbocycles. The number of benzene rings is 2. The van der Waals surface area contributed by atoms with Gasteiger partial charge in [-0.05, 0) is 11.6 Å². The maximum Gasteiger partial charge on any atom is 0.269 e. The predicted octanol–water partition coefficient (Wildman–Crippen LogP) is 2.92. The summed E-state index contributed by atoms with van der Waals surface area (Å²) in [5.74, 6) is 0.456. The Kier molecular flexibility index (Phi) is 3.46. The van der Waals surface area contributed by atoms with Gasteiger partial charge in [0.15, 0.2) is 6.10 Å². The number of ether oxygens (including phenoxy) is 1. The van der Waals surface area contributed by atoms with E-state index in [1.807, 2.05) is 6.07 Å². The van der Waals surface area contributed by atoms with Crippen LogP contribution in [0.2, 0.25) is 0 Å². The number of rotatable bonds is 3. The SMILES string of the molecule is O=[N+]([O-])c1ccc2c(c1)C[C@@H]([N+](=O)[O-])[C@H](c1ccccc1)O2. The van der Waals surface area contributed by atoms with Crippen molar-refractivity contribution in [2.24, 2.45) is 0 Å². The van der Waals surface area contributed by atoms with Gasteiger partial charge in [0.1, 0.15) is 5.75 Å². The molecule has 0 aliphatic carbocycles. The average Bonchev–Trinajstić information content (AvgIpc) is 2.53. The lowest BCUT2D eigenvalue weighted by atomic mass is 9.93. The molecule has 0 amide bonds. The molecule has 0 spiro atoms. The molecule has 0 aromatic heterocycles. The summed E-state index contributed by atoms with van der Waals surface area (Å²) in [6.45, 7) is 0. The van der Waals surface area contributed by atoms with E-state index in [2.05, 4.69) is 0 Å². The maximum absolute atomic E-state index is 11.4. The van der Waals surface area contributed by atoms with E-state index < -0.39 is 17.1 Å². The van der Waals surface area contributed by atoms with Crippen molar-refractivity contribution in [1.82, 2.24) is 0 Å². The second-order valence-corrected chi connectivity index (χ2v) is 5.06. The van der Waals surface area contributed by atoms with Gasteiger partial charge in [-0.25, -0.2) is 0 Å². The molecule has 0 saturated heterocycles. The first-order chi connectivity index (χ1) is 10.6. The number of nitro groups is 2. The van der Waals surface area contributed by atoms with E-state index in [-0.39, 0.29) is 17.0 Å². The number of hydrogen-bond donors (Lipinski definition) is 0. The third kappa shape index (κ3) is 2.48. The lowest BCUT2D eigenvalue weighted by molar-refractivity contribution is -0.535. The molecule has 7 heteroatoms. The Morgan fingerprint density at radius 1 is 1.05 bits per heavy atom. The van der Waals surface area contributed by atoms with Gasteiger partial charge >= 0.3 is 0 Å². The van der Waals surface area contributed by atoms with Gasteiger partial charge < -0.3 is 4.74 Å². The van der Waals surface area contributed by atoms with Crippen LogP contribution in [0.1, 0.15) is 17.2 Å². The molecule has 1 aliphatic rings. The maximum atomic E-state index is 11.4. The molecule has 2 atom stereocenters. The van der Waals surface area contributed by atoms with Crippen molar-refractivity contribution in [1.29, 1.82) is 0 Å². The zero-order chi connectivity index (χ0) is 15.7. The highest BCUT2D eigenvalue weighted by Gasteiger charge is 2.40. The van der Waals surface area contributed by atoms with E-state index in [4.69, 9.17) is 4.74 Å². The van der Waals surface area contributed by atoms with Crippen LogP contribution < -0.4 is 4.74 Å². The fourth-order valence-corrected chi connectivity index (χ4v) is 2.62. The summed E-state index contributed by atoms with van der Waals surface area (Å²) in [6.07, 6.45) is -0.603. The van der Waals surface area contributed by atoms with Gasteiger partial charge in [0.25, 0.3) is 11.7 Å². The third-order valence-electron chi connectivity index (χ3n) is 3.69. The summed E-state index contributed by atoms with van der Waals surface area (Å²) in [7, 11) is 0. The van der Waals surface area contributed by atoms with Gasteiger partial charge in [-0.1, -0.05) is 30.3 Å². The summed E-state index contributed by atoms with van der Waals surface area (Å²) in [5, 5.41) is 22.2. The van der Waals surface area contributed by atoms with Gasteiger partial charge in [-0.2, -0.15) is 0 Å². The highest BCUT2D eigenvalue weighted by molar-refractivity contribution is 5.46. The predicted molar refractivity (Wildman–Crippen MR) is 77.4 cm³/mol. The van der Waals surface area contributed by atoms with E-state index >= 15 is 0 Å². The van der Waals surface area contributed by atoms with Gasteiger partial charge in [-0.3, -0.25) is 20.2 Å². The molecule has 0 fully saturated rings. The van der Waals surface area contributed by atoms with Crippen LogP contribution in [0, 0.1) is 20.2 Å². The van der Waals surface area contributed by atoms with Crippen LogP contribution >= 0.6 is 0 Å². The number of non-ortho nitro benzene ring substituents is 1. The van der Waals surface area contributed by atoms with Crippen molar-refractivity contribution in [2.45, 2.75) is 18.6 Å². The van der Waals surface area contributed by atoms with Gasteiger partial charge in [0.2, 0.25) is 0 Å². The topological polar surface area (TPSA) is 95.5 Å². The molecule has 0 N–H and O–H groups in total. The summed E-state index contributed by atoms with van der Waals surface area (Å²) in [6, 6.07) is 12.2. The fraction of sp³-hybridized carbons (Fsp3) is 0.200. The smallest absolute Gasteiger partial charge is 0.269 e. The van der Waals surface area contributed by atoms with Crippen LogP contribution in [0.15, 0.2) is 48.5 Å². The molecule has 0 bridgehead atoms. The Morgan fingerprint density at radius 2 is 1.77 bits per heavy atom. The first kappa shape index (κ1) is 14.0. The van der Waals surface area contributed by atoms with Crippen molar-refractivity contribution >= 4 is 5.69 Å². The van der Waals surface area contributed by atoms with Crippen LogP contribution in [0.5, 0.6) is 5.75 Å². The Labute approximate surface area is 125 Å². The highest BCUT2D eigenvalue weighted by Crippen LogP contribution is 2.37. The van der Waals surface area contributed by atoms with E-state index in [0.29, 0.717) is 16.9 Å². The quantitative estimate of drug-likeness (QED) is 0.641. The van der Waals surface area contributed by atoms with Gasteiger partial charge in [0, 0.05) is 29.0 Å². The van der Waals surface area contributed by atoms with E-state index in [1.54, 1.807) is 24.3 Å². The van der Waals surface area contributed by atoms with Crippen molar-refractivity contribution < 1.29 is 14.6 Å². The zero-order valence-electron chi connectivity index (χ0n) is 11.4. The summed E-state index contributed by atoms with van der Waals surface area (Å²) in [5.41, 5.74) is 1.11. The second-order valence-electron chi connectivity index (χ2n) is 5.06. The standard InChI is InChI=1S/C15H12N2O5/c18-16(19)12-6-7-14-11(8-12)9-13(17(20)21)15(22-14)10-4-2-1-3-5-10/h1-8,13,15H,9H2/t13-,15+/m1/s1. The molecule has 0 saturated carbocycles. The molecule has 2 aromatic rings. The Balaban J connectivity index is 2.01. The molecule has 0 unspecified atom stereocenters. The van der Waals surface area contributed by atoms with Crippen LogP contribution in [0.4, 0.5) is 5.69 Å². The number of hydrogen-bond acceptors (Lipinski definition) is 5. The Morgan fingerprint density at radius 3 is 2.41 bits per heavy atom. The zero-order valence-corrected chi connectivity index (χ0v) is 11.4. The van der Waals surface area contributed by atoms with E-state index in [0.717, 1.165) is 0 Å². The van der Waals surface area contributed by atoms with Crippen molar-refractivity contribution in [3.8, 4) is 5.75 Å². The molecule has 0 radical (unpaired) electrons. The molecular weight excluding hydrogens is 288 g/mol. The normalized spacial score (nSPS) is 19.8. The minimum absolute atomic E-state index is 0.0948. The first-order valence-electron chi connectivity index (χ1n) is 6.68. The number of fused-ring (bicyclic) bond motifs is 1. The lowest BCUT2D eigenvalue weighted by Gasteiger charge is -2.28. The fourth-order valence-electron chi connectivity index (χ4n) is 2.62. The van der Waals surface area contributed by atoms with Gasteiger partial charge in [0.05, 0.1) is 4.92 Å². The average molecular weight is 300 g/mol. The minimum Gasteiger partial charge on any atom is -0.478 e. The summed E-state index contributed by atoms with van der Waals surface area (Å²) < 4.78 is 5.76. The van der Waals surface area contributed by atoms with Crippen molar-refractivity contribution in [3.63, 3.8) is 0 Å². The van der Waals surface area contributed by atoms with E-state index in [9.17, 15) is 20.2 Å². The molecule has 3 rings (SSSR count). The lowest BCUT2D eigenvalue weighted by Crippen LogP contribution is -2.36. The van der Waals surface area contributed by atoms with Crippen LogP contribution in [-0.4, -0.2) is 15.9 Å². The van der Waals surface area contributed by atoms with Crippen molar-refractivity contribution in [2.75, 3.05) is 0 Å². The van der Waals surface area contributed by atoms with Crippen LogP contribution in [-0.2, 0) is 6.42 Å². The molecule has 7 nitrogen and oxygen atoms in total. The second kappa shape index (κ2) is 5.44. The van der Waals surface area contributed by atoms with Crippen molar-refractivity contribution in [3.05, 3.63) is 79.9 Å². The Hall–Kier alpha value is -2.96. The summed E-state index contributed by atoms with van der Waals surface area (Å²) >= 11 is 0. The molecule has 1 heterocycles. The molecular formula is C15H12N2O5.